The smallest absolute Gasteiger partial charge is 0.196 e. The van der Waals surface area contributed by atoms with Gasteiger partial charge in [-0.15, -0.1) is 0 Å². The highest BCUT2D eigenvalue weighted by Crippen LogP contribution is 2.34. The molecule has 2 aromatic carbocycles. The van der Waals surface area contributed by atoms with Crippen LogP contribution in [0.25, 0.3) is 0 Å². The number of aliphatic imine (C=N–C) groups is 1. The molecule has 3 rings (SSSR count). The minimum atomic E-state index is 0.0931. The Kier molecular flexibility index (Phi) is 4.24. The molecule has 1 atom stereocenters. The maximum Gasteiger partial charge on any atom is 0.196 e. The first kappa shape index (κ1) is 14.9. The quantitative estimate of drug-likeness (QED) is 0.749. The fourth-order valence-corrected chi connectivity index (χ4v) is 3.15. The van der Waals surface area contributed by atoms with Gasteiger partial charge in [-0.05, 0) is 73.8 Å². The van der Waals surface area contributed by atoms with Crippen LogP contribution in [0.15, 0.2) is 56.4 Å². The summed E-state index contributed by atoms with van der Waals surface area (Å²) < 4.78 is 2.04. The Balaban J connectivity index is 1.98. The average Bonchev–Trinajstić information content (AvgIpc) is 2.85. The zero-order valence-corrected chi connectivity index (χ0v) is 14.9. The lowest BCUT2D eigenvalue weighted by Gasteiger charge is -2.27. The molecule has 21 heavy (non-hydrogen) atoms. The van der Waals surface area contributed by atoms with Gasteiger partial charge in [0.2, 0.25) is 0 Å². The van der Waals surface area contributed by atoms with Gasteiger partial charge >= 0.3 is 0 Å². The molecule has 2 aromatic rings. The van der Waals surface area contributed by atoms with Crippen LogP contribution in [0.1, 0.15) is 11.6 Å². The third-order valence-corrected chi connectivity index (χ3v) is 5.55. The van der Waals surface area contributed by atoms with Crippen molar-refractivity contribution in [3.05, 3.63) is 62.0 Å². The second-order valence-electron chi connectivity index (χ2n) is 4.73. The number of hydrogen-bond donors (Lipinski definition) is 1. The molecule has 0 saturated carbocycles. The molecule has 108 valence electrons. The first-order valence-electron chi connectivity index (χ1n) is 6.36. The number of hydrogen-bond acceptors (Lipinski definition) is 3. The van der Waals surface area contributed by atoms with Crippen LogP contribution in [0.5, 0.6) is 0 Å². The van der Waals surface area contributed by atoms with E-state index < -0.39 is 0 Å². The van der Waals surface area contributed by atoms with Crippen LogP contribution in [-0.2, 0) is 0 Å². The van der Waals surface area contributed by atoms with Crippen LogP contribution >= 0.6 is 43.5 Å². The van der Waals surface area contributed by atoms with Crippen molar-refractivity contribution in [2.45, 2.75) is 6.04 Å². The van der Waals surface area contributed by atoms with Crippen LogP contribution in [0.2, 0.25) is 5.02 Å². The van der Waals surface area contributed by atoms with E-state index in [1.54, 1.807) is 0 Å². The van der Waals surface area contributed by atoms with Crippen molar-refractivity contribution < 1.29 is 0 Å². The molecule has 0 fully saturated rings. The fraction of sp³-hybridized carbons (Fsp3) is 0.133. The summed E-state index contributed by atoms with van der Waals surface area (Å²) in [5.74, 6) is 0.529. The van der Waals surface area contributed by atoms with E-state index in [9.17, 15) is 0 Å². The van der Waals surface area contributed by atoms with Crippen molar-refractivity contribution in [2.75, 3.05) is 11.4 Å². The van der Waals surface area contributed by atoms with Gasteiger partial charge in [0.25, 0.3) is 0 Å². The number of nitrogens with zero attached hydrogens (tertiary/aromatic N) is 2. The zero-order valence-electron chi connectivity index (χ0n) is 10.9. The lowest BCUT2D eigenvalue weighted by molar-refractivity contribution is 0.768. The van der Waals surface area contributed by atoms with E-state index in [2.05, 4.69) is 49.0 Å². The van der Waals surface area contributed by atoms with Crippen LogP contribution < -0.4 is 10.6 Å². The predicted molar refractivity (Wildman–Crippen MR) is 95.0 cm³/mol. The average molecular weight is 430 g/mol. The molecular weight excluding hydrogens is 417 g/mol. The number of rotatable bonds is 2. The Morgan fingerprint density at radius 2 is 1.81 bits per heavy atom. The summed E-state index contributed by atoms with van der Waals surface area (Å²) in [6.07, 6.45) is 0. The van der Waals surface area contributed by atoms with Crippen molar-refractivity contribution in [1.82, 2.24) is 0 Å². The van der Waals surface area contributed by atoms with Gasteiger partial charge in [-0.2, -0.15) is 0 Å². The first-order chi connectivity index (χ1) is 10.1. The van der Waals surface area contributed by atoms with Gasteiger partial charge in [0.05, 0.1) is 12.6 Å². The van der Waals surface area contributed by atoms with Crippen LogP contribution in [0, 0.1) is 0 Å². The summed E-state index contributed by atoms with van der Waals surface area (Å²) in [7, 11) is 0. The molecule has 0 aromatic heterocycles. The van der Waals surface area contributed by atoms with Gasteiger partial charge in [-0.1, -0.05) is 17.7 Å². The van der Waals surface area contributed by atoms with Gasteiger partial charge in [-0.3, -0.25) is 4.99 Å². The van der Waals surface area contributed by atoms with E-state index in [4.69, 9.17) is 17.3 Å². The van der Waals surface area contributed by atoms with E-state index in [1.807, 2.05) is 35.2 Å². The van der Waals surface area contributed by atoms with E-state index in [-0.39, 0.29) is 6.04 Å². The lowest BCUT2D eigenvalue weighted by Crippen LogP contribution is -2.36. The van der Waals surface area contributed by atoms with Crippen LogP contribution in [0.4, 0.5) is 5.69 Å². The summed E-state index contributed by atoms with van der Waals surface area (Å²) in [6, 6.07) is 13.9. The summed E-state index contributed by atoms with van der Waals surface area (Å²) in [5, 5.41) is 0.705. The third kappa shape index (κ3) is 2.96. The maximum atomic E-state index is 6.07. The molecule has 0 saturated heterocycles. The molecule has 2 N–H and O–H groups in total. The molecule has 0 radical (unpaired) electrons. The predicted octanol–water partition coefficient (Wildman–Crippen LogP) is 4.74. The molecule has 0 amide bonds. The van der Waals surface area contributed by atoms with Gasteiger partial charge in [-0.25, -0.2) is 0 Å². The summed E-state index contributed by atoms with van der Waals surface area (Å²) in [6.45, 7) is 0.641. The Morgan fingerprint density at radius 3 is 2.48 bits per heavy atom. The van der Waals surface area contributed by atoms with Crippen molar-refractivity contribution in [1.29, 1.82) is 0 Å². The standard InChI is InChI=1S/C15H12Br2ClN3/c16-12-6-1-9(7-13(12)17)14-8-20-15(19)21(14)11-4-2-10(18)3-5-11/h1-7,14H,8H2,(H2,19,20). The van der Waals surface area contributed by atoms with Crippen molar-refractivity contribution in [3.8, 4) is 0 Å². The monoisotopic (exact) mass is 427 g/mol. The van der Waals surface area contributed by atoms with Crippen LogP contribution in [0.3, 0.4) is 0 Å². The number of halogens is 3. The third-order valence-electron chi connectivity index (χ3n) is 3.42. The van der Waals surface area contributed by atoms with E-state index >= 15 is 0 Å². The zero-order chi connectivity index (χ0) is 15.0. The molecule has 0 bridgehead atoms. The Morgan fingerprint density at radius 1 is 1.10 bits per heavy atom. The van der Waals surface area contributed by atoms with Gasteiger partial charge < -0.3 is 10.6 Å². The molecule has 3 nitrogen and oxygen atoms in total. The van der Waals surface area contributed by atoms with Gasteiger partial charge in [0.15, 0.2) is 5.96 Å². The molecule has 0 spiro atoms. The Hall–Kier alpha value is -1.04. The first-order valence-corrected chi connectivity index (χ1v) is 8.32. The van der Waals surface area contributed by atoms with Crippen molar-refractivity contribution in [3.63, 3.8) is 0 Å². The summed E-state index contributed by atoms with van der Waals surface area (Å²) >= 11 is 13.0. The fourth-order valence-electron chi connectivity index (χ4n) is 2.39. The molecule has 1 aliphatic rings. The number of anilines is 1. The molecular formula is C15H12Br2ClN3. The highest BCUT2D eigenvalue weighted by molar-refractivity contribution is 9.13. The summed E-state index contributed by atoms with van der Waals surface area (Å²) in [5.41, 5.74) is 8.21. The molecule has 6 heteroatoms. The number of benzene rings is 2. The molecule has 0 aliphatic carbocycles. The Labute approximate surface area is 145 Å². The highest BCUT2D eigenvalue weighted by atomic mass is 79.9. The second kappa shape index (κ2) is 5.99. The maximum absolute atomic E-state index is 6.07. The van der Waals surface area contributed by atoms with Gasteiger partial charge in [0, 0.05) is 19.7 Å². The number of guanidine groups is 1. The van der Waals surface area contributed by atoms with Crippen molar-refractivity contribution in [2.24, 2.45) is 10.7 Å². The minimum Gasteiger partial charge on any atom is -0.369 e. The van der Waals surface area contributed by atoms with Crippen LogP contribution in [-0.4, -0.2) is 12.5 Å². The van der Waals surface area contributed by atoms with E-state index in [1.165, 1.54) is 0 Å². The Bertz CT molecular complexity index is 701. The minimum absolute atomic E-state index is 0.0931. The van der Waals surface area contributed by atoms with Crippen molar-refractivity contribution >= 4 is 55.1 Å². The topological polar surface area (TPSA) is 41.6 Å². The largest absolute Gasteiger partial charge is 0.369 e. The number of nitrogens with two attached hydrogens (primary N) is 1. The SMILES string of the molecule is NC1=NCC(c2ccc(Br)c(Br)c2)N1c1ccc(Cl)cc1. The molecule has 1 heterocycles. The summed E-state index contributed by atoms with van der Waals surface area (Å²) in [4.78, 5) is 6.42. The normalized spacial score (nSPS) is 18.0. The molecule has 1 unspecified atom stereocenters. The molecule has 1 aliphatic heterocycles. The van der Waals surface area contributed by atoms with E-state index in [0.717, 1.165) is 20.2 Å². The lowest BCUT2D eigenvalue weighted by atomic mass is 10.1. The van der Waals surface area contributed by atoms with E-state index in [0.29, 0.717) is 17.5 Å². The van der Waals surface area contributed by atoms with Gasteiger partial charge in [0.1, 0.15) is 0 Å². The highest BCUT2D eigenvalue weighted by Gasteiger charge is 2.29. The second-order valence-corrected chi connectivity index (χ2v) is 6.88.